The molecule has 0 radical (unpaired) electrons. The lowest BCUT2D eigenvalue weighted by molar-refractivity contribution is -0.114. The minimum absolute atomic E-state index is 0.0170. The van der Waals surface area contributed by atoms with Crippen LogP contribution in [-0.4, -0.2) is 29.3 Å². The third kappa shape index (κ3) is 3.39. The maximum absolute atomic E-state index is 12.3. The summed E-state index contributed by atoms with van der Waals surface area (Å²) in [6.07, 6.45) is 4.85. The van der Waals surface area contributed by atoms with E-state index in [1.165, 1.54) is 19.3 Å². The number of nitrogens with one attached hydrogen (secondary N) is 2. The van der Waals surface area contributed by atoms with Crippen LogP contribution in [0.5, 0.6) is 0 Å². The number of hydrogen-bond acceptors (Lipinski definition) is 7. The maximum Gasteiger partial charge on any atom is 0.275 e. The van der Waals surface area contributed by atoms with Gasteiger partial charge in [-0.3, -0.25) is 4.79 Å². The number of hydrogen-bond donors (Lipinski definition) is 2. The fraction of sp³-hybridized carbons (Fsp3) is 0.333. The minimum Gasteiger partial charge on any atom is -0.302 e. The molecule has 0 atom stereocenters. The Morgan fingerprint density at radius 1 is 1.36 bits per heavy atom. The molecule has 2 aromatic heterocycles. The molecule has 116 valence electrons. The number of sulfonamides is 1. The van der Waals surface area contributed by atoms with Crippen molar-refractivity contribution in [3.05, 3.63) is 24.2 Å². The Labute approximate surface area is 131 Å². The molecule has 0 bridgehead atoms. The number of nitrogens with zero attached hydrogens (tertiary/aromatic N) is 3. The number of rotatable bonds is 5. The molecule has 8 nitrogen and oxygen atoms in total. The lowest BCUT2D eigenvalue weighted by Crippen LogP contribution is -2.14. The van der Waals surface area contributed by atoms with Gasteiger partial charge in [-0.25, -0.2) is 28.1 Å². The quantitative estimate of drug-likeness (QED) is 0.854. The average Bonchev–Trinajstić information content (AvgIpc) is 3.18. The second kappa shape index (κ2) is 5.61. The molecule has 1 fully saturated rings. The highest BCUT2D eigenvalue weighted by Crippen LogP contribution is 2.39. The van der Waals surface area contributed by atoms with Gasteiger partial charge in [-0.05, 0) is 18.9 Å². The van der Waals surface area contributed by atoms with E-state index in [4.69, 9.17) is 0 Å². The molecule has 1 amide bonds. The summed E-state index contributed by atoms with van der Waals surface area (Å²) in [5, 5.41) is 2.66. The van der Waals surface area contributed by atoms with E-state index in [0.717, 1.165) is 29.9 Å². The molecule has 1 aliphatic rings. The predicted molar refractivity (Wildman–Crippen MR) is 81.2 cm³/mol. The third-order valence-corrected chi connectivity index (χ3v) is 5.63. The number of aromatic nitrogens is 3. The Bertz CT molecular complexity index is 814. The third-order valence-electron chi connectivity index (χ3n) is 2.93. The van der Waals surface area contributed by atoms with Gasteiger partial charge < -0.3 is 5.32 Å². The van der Waals surface area contributed by atoms with Crippen LogP contribution in [0.1, 0.15) is 31.4 Å². The van der Waals surface area contributed by atoms with Gasteiger partial charge in [-0.15, -0.1) is 0 Å². The number of anilines is 2. The summed E-state index contributed by atoms with van der Waals surface area (Å²) in [4.78, 5) is 22.9. The first-order chi connectivity index (χ1) is 10.4. The summed E-state index contributed by atoms with van der Waals surface area (Å²) in [6.45, 7) is 1.32. The van der Waals surface area contributed by atoms with E-state index in [1.54, 1.807) is 6.07 Å². The molecule has 2 aromatic rings. The molecule has 1 saturated carbocycles. The Balaban J connectivity index is 1.79. The van der Waals surface area contributed by atoms with Gasteiger partial charge >= 0.3 is 0 Å². The molecular formula is C12H13N5O3S2. The second-order valence-corrected chi connectivity index (χ2v) is 7.79. The summed E-state index contributed by atoms with van der Waals surface area (Å²) < 4.78 is 26.8. The van der Waals surface area contributed by atoms with Gasteiger partial charge in [0.25, 0.3) is 10.0 Å². The number of thiazole rings is 1. The van der Waals surface area contributed by atoms with Crippen molar-refractivity contribution in [3.63, 3.8) is 0 Å². The Kier molecular flexibility index (Phi) is 3.79. The van der Waals surface area contributed by atoms with E-state index in [2.05, 4.69) is 25.0 Å². The van der Waals surface area contributed by atoms with Gasteiger partial charge in [0.05, 0.1) is 6.20 Å². The van der Waals surface area contributed by atoms with Gasteiger partial charge in [0.1, 0.15) is 0 Å². The topological polar surface area (TPSA) is 114 Å². The molecular weight excluding hydrogens is 326 g/mol. The standard InChI is InChI=1S/C12H13N5O3S2/c1-7(18)15-12-14-6-10(21-12)22(19,20)17-11-13-5-4-9(16-11)8-2-3-8/h4-6,8H,2-3H2,1H3,(H,13,16,17)(H,14,15,18). The predicted octanol–water partition coefficient (Wildman–Crippen LogP) is 1.57. The van der Waals surface area contributed by atoms with E-state index >= 15 is 0 Å². The minimum atomic E-state index is -3.82. The Hall–Kier alpha value is -2.07. The normalized spacial score (nSPS) is 14.6. The number of carbonyl (C=O) groups is 1. The van der Waals surface area contributed by atoms with Gasteiger partial charge in [-0.1, -0.05) is 11.3 Å². The highest BCUT2D eigenvalue weighted by atomic mass is 32.2. The highest BCUT2D eigenvalue weighted by molar-refractivity contribution is 7.94. The summed E-state index contributed by atoms with van der Waals surface area (Å²) in [7, 11) is -3.82. The van der Waals surface area contributed by atoms with Crippen LogP contribution in [0.2, 0.25) is 0 Å². The molecule has 0 aliphatic heterocycles. The zero-order valence-corrected chi connectivity index (χ0v) is 13.2. The first-order valence-corrected chi connectivity index (χ1v) is 8.83. The van der Waals surface area contributed by atoms with E-state index in [0.29, 0.717) is 5.92 Å². The second-order valence-electron chi connectivity index (χ2n) is 4.85. The van der Waals surface area contributed by atoms with Crippen molar-refractivity contribution >= 4 is 38.3 Å². The largest absolute Gasteiger partial charge is 0.302 e. The highest BCUT2D eigenvalue weighted by Gasteiger charge is 2.26. The van der Waals surface area contributed by atoms with Crippen molar-refractivity contribution < 1.29 is 13.2 Å². The van der Waals surface area contributed by atoms with Crippen molar-refractivity contribution in [2.75, 3.05) is 10.0 Å². The average molecular weight is 339 g/mol. The van der Waals surface area contributed by atoms with E-state index in [1.807, 2.05) is 0 Å². The summed E-state index contributed by atoms with van der Waals surface area (Å²) in [5.74, 6) is 0.131. The molecule has 0 unspecified atom stereocenters. The van der Waals surface area contributed by atoms with Crippen LogP contribution >= 0.6 is 11.3 Å². The van der Waals surface area contributed by atoms with Crippen LogP contribution in [0.3, 0.4) is 0 Å². The molecule has 3 rings (SSSR count). The Morgan fingerprint density at radius 2 is 2.14 bits per heavy atom. The summed E-state index contributed by atoms with van der Waals surface area (Å²) in [5.41, 5.74) is 0.843. The van der Waals surface area contributed by atoms with Gasteiger partial charge in [0, 0.05) is 24.7 Å². The molecule has 22 heavy (non-hydrogen) atoms. The lowest BCUT2D eigenvalue weighted by atomic mass is 10.3. The molecule has 2 N–H and O–H groups in total. The molecule has 10 heteroatoms. The van der Waals surface area contributed by atoms with Gasteiger partial charge in [-0.2, -0.15) is 0 Å². The van der Waals surface area contributed by atoms with Crippen LogP contribution in [0.15, 0.2) is 22.7 Å². The van der Waals surface area contributed by atoms with Crippen LogP contribution < -0.4 is 10.0 Å². The van der Waals surface area contributed by atoms with Crippen molar-refractivity contribution in [1.29, 1.82) is 0 Å². The van der Waals surface area contributed by atoms with Crippen LogP contribution in [-0.2, 0) is 14.8 Å². The maximum atomic E-state index is 12.3. The van der Waals surface area contributed by atoms with Crippen molar-refractivity contribution in [2.45, 2.75) is 29.9 Å². The lowest BCUT2D eigenvalue weighted by Gasteiger charge is -2.05. The van der Waals surface area contributed by atoms with Gasteiger partial charge in [0.2, 0.25) is 11.9 Å². The summed E-state index contributed by atoms with van der Waals surface area (Å²) in [6, 6.07) is 1.79. The van der Waals surface area contributed by atoms with E-state index < -0.39 is 10.0 Å². The van der Waals surface area contributed by atoms with Crippen LogP contribution in [0.4, 0.5) is 11.1 Å². The smallest absolute Gasteiger partial charge is 0.275 e. The molecule has 1 aliphatic carbocycles. The molecule has 2 heterocycles. The number of amides is 1. The number of carbonyl (C=O) groups excluding carboxylic acids is 1. The molecule has 0 saturated heterocycles. The van der Waals surface area contributed by atoms with E-state index in [9.17, 15) is 13.2 Å². The van der Waals surface area contributed by atoms with Gasteiger partial charge in [0.15, 0.2) is 9.34 Å². The summed E-state index contributed by atoms with van der Waals surface area (Å²) >= 11 is 0.861. The fourth-order valence-electron chi connectivity index (χ4n) is 1.79. The van der Waals surface area contributed by atoms with Crippen LogP contribution in [0.25, 0.3) is 0 Å². The molecule has 0 spiro atoms. The van der Waals surface area contributed by atoms with Crippen molar-refractivity contribution in [2.24, 2.45) is 0 Å². The zero-order chi connectivity index (χ0) is 15.7. The Morgan fingerprint density at radius 3 is 2.82 bits per heavy atom. The fourth-order valence-corrected chi connectivity index (χ4v) is 3.82. The first kappa shape index (κ1) is 14.9. The first-order valence-electron chi connectivity index (χ1n) is 6.53. The van der Waals surface area contributed by atoms with Crippen molar-refractivity contribution in [3.8, 4) is 0 Å². The van der Waals surface area contributed by atoms with Crippen LogP contribution in [0, 0.1) is 0 Å². The van der Waals surface area contributed by atoms with Crippen molar-refractivity contribution in [1.82, 2.24) is 15.0 Å². The SMILES string of the molecule is CC(=O)Nc1ncc(S(=O)(=O)Nc2nccc(C3CC3)n2)s1. The van der Waals surface area contributed by atoms with E-state index in [-0.39, 0.29) is 21.2 Å². The monoisotopic (exact) mass is 339 g/mol. The molecule has 0 aromatic carbocycles. The zero-order valence-electron chi connectivity index (χ0n) is 11.6.